The van der Waals surface area contributed by atoms with Crippen molar-refractivity contribution >= 4 is 18.0 Å². The summed E-state index contributed by atoms with van der Waals surface area (Å²) in [6.45, 7) is -0.125. The predicted octanol–water partition coefficient (Wildman–Crippen LogP) is 1.82. The molecule has 4 rings (SSSR count). The molecule has 0 aromatic heterocycles. The van der Waals surface area contributed by atoms with E-state index < -0.39 is 30.0 Å². The SMILES string of the molecule is O=C(NCC(=O)N1CC(O)CC(C(=O)O)C1)OCC1c2ccccc2-c2ccccc21. The van der Waals surface area contributed by atoms with Gasteiger partial charge in [-0.2, -0.15) is 0 Å². The highest BCUT2D eigenvalue weighted by Crippen LogP contribution is 2.44. The van der Waals surface area contributed by atoms with Crippen molar-refractivity contribution in [3.05, 3.63) is 59.7 Å². The van der Waals surface area contributed by atoms with E-state index in [9.17, 15) is 19.5 Å². The van der Waals surface area contributed by atoms with Gasteiger partial charge in [0.1, 0.15) is 13.2 Å². The number of rotatable bonds is 5. The zero-order valence-corrected chi connectivity index (χ0v) is 16.9. The van der Waals surface area contributed by atoms with Crippen molar-refractivity contribution in [2.45, 2.75) is 18.4 Å². The van der Waals surface area contributed by atoms with Gasteiger partial charge >= 0.3 is 12.1 Å². The molecule has 1 aliphatic heterocycles. The van der Waals surface area contributed by atoms with Gasteiger partial charge in [-0.05, 0) is 28.7 Å². The van der Waals surface area contributed by atoms with E-state index in [1.807, 2.05) is 48.5 Å². The summed E-state index contributed by atoms with van der Waals surface area (Å²) in [5.41, 5.74) is 4.43. The number of nitrogens with zero attached hydrogens (tertiary/aromatic N) is 1. The van der Waals surface area contributed by atoms with Gasteiger partial charge in [0.2, 0.25) is 5.91 Å². The number of aliphatic carboxylic acids is 1. The number of nitrogens with one attached hydrogen (secondary N) is 1. The zero-order chi connectivity index (χ0) is 22.0. The fourth-order valence-electron chi connectivity index (χ4n) is 4.36. The van der Waals surface area contributed by atoms with Gasteiger partial charge < -0.3 is 25.2 Å². The molecule has 31 heavy (non-hydrogen) atoms. The first-order valence-corrected chi connectivity index (χ1v) is 10.2. The highest BCUT2D eigenvalue weighted by Gasteiger charge is 2.33. The van der Waals surface area contributed by atoms with Crippen LogP contribution in [0.15, 0.2) is 48.5 Å². The quantitative estimate of drug-likeness (QED) is 0.674. The summed E-state index contributed by atoms with van der Waals surface area (Å²) in [5, 5.41) is 21.4. The summed E-state index contributed by atoms with van der Waals surface area (Å²) in [6, 6.07) is 16.0. The Hall–Kier alpha value is -3.39. The molecule has 0 bridgehead atoms. The Kier molecular flexibility index (Phi) is 5.90. The number of β-amino-alcohol motifs (C(OH)–C–C–N with tert-alkyl or cyclic N) is 1. The fraction of sp³-hybridized carbons (Fsp3) is 0.348. The van der Waals surface area contributed by atoms with E-state index in [1.54, 1.807) is 0 Å². The molecule has 2 aliphatic rings. The van der Waals surface area contributed by atoms with Crippen LogP contribution in [0.3, 0.4) is 0 Å². The van der Waals surface area contributed by atoms with Gasteiger partial charge in [-0.3, -0.25) is 9.59 Å². The highest BCUT2D eigenvalue weighted by atomic mass is 16.5. The number of fused-ring (bicyclic) bond motifs is 3. The van der Waals surface area contributed by atoms with Crippen LogP contribution in [0.2, 0.25) is 0 Å². The number of carboxylic acid groups (broad SMARTS) is 1. The van der Waals surface area contributed by atoms with Gasteiger partial charge in [0.15, 0.2) is 0 Å². The van der Waals surface area contributed by atoms with Crippen LogP contribution in [0.5, 0.6) is 0 Å². The average Bonchev–Trinajstić information content (AvgIpc) is 3.09. The molecule has 1 saturated heterocycles. The number of ether oxygens (including phenoxy) is 1. The second-order valence-electron chi connectivity index (χ2n) is 7.90. The second-order valence-corrected chi connectivity index (χ2v) is 7.90. The van der Waals surface area contributed by atoms with E-state index >= 15 is 0 Å². The minimum atomic E-state index is -1.05. The Bertz CT molecular complexity index is 962. The minimum absolute atomic E-state index is 0.0115. The molecule has 3 N–H and O–H groups in total. The number of benzene rings is 2. The average molecular weight is 424 g/mol. The molecule has 0 spiro atoms. The molecule has 0 radical (unpaired) electrons. The number of aliphatic hydroxyl groups excluding tert-OH is 1. The van der Waals surface area contributed by atoms with Crippen LogP contribution in [0.25, 0.3) is 11.1 Å². The first-order valence-electron chi connectivity index (χ1n) is 10.2. The van der Waals surface area contributed by atoms with Crippen LogP contribution in [-0.2, 0) is 14.3 Å². The molecule has 1 fully saturated rings. The second kappa shape index (κ2) is 8.77. The first-order chi connectivity index (χ1) is 14.9. The lowest BCUT2D eigenvalue weighted by Crippen LogP contribution is -2.51. The van der Waals surface area contributed by atoms with E-state index in [-0.39, 0.29) is 38.6 Å². The number of aliphatic hydroxyl groups is 1. The molecule has 2 atom stereocenters. The van der Waals surface area contributed by atoms with Crippen LogP contribution in [0.4, 0.5) is 4.79 Å². The minimum Gasteiger partial charge on any atom is -0.481 e. The Morgan fingerprint density at radius 1 is 1.00 bits per heavy atom. The first kappa shape index (κ1) is 20.9. The van der Waals surface area contributed by atoms with E-state index in [0.29, 0.717) is 0 Å². The molecule has 1 heterocycles. The van der Waals surface area contributed by atoms with Crippen molar-refractivity contribution < 1.29 is 29.3 Å². The molecule has 2 amide bonds. The topological polar surface area (TPSA) is 116 Å². The van der Waals surface area contributed by atoms with Crippen molar-refractivity contribution in [1.29, 1.82) is 0 Å². The number of carboxylic acids is 1. The summed E-state index contributed by atoms with van der Waals surface area (Å²) in [4.78, 5) is 37.0. The zero-order valence-electron chi connectivity index (χ0n) is 16.9. The number of carbonyl (C=O) groups excluding carboxylic acids is 2. The van der Waals surface area contributed by atoms with Gasteiger partial charge in [-0.25, -0.2) is 4.79 Å². The molecule has 8 nitrogen and oxygen atoms in total. The Morgan fingerprint density at radius 3 is 2.23 bits per heavy atom. The Morgan fingerprint density at radius 2 is 1.61 bits per heavy atom. The third-order valence-corrected chi connectivity index (χ3v) is 5.86. The van der Waals surface area contributed by atoms with Crippen LogP contribution in [0, 0.1) is 5.92 Å². The van der Waals surface area contributed by atoms with Crippen molar-refractivity contribution in [3.63, 3.8) is 0 Å². The molecule has 2 aromatic carbocycles. The van der Waals surface area contributed by atoms with Gasteiger partial charge in [0.25, 0.3) is 0 Å². The van der Waals surface area contributed by atoms with Gasteiger partial charge in [-0.15, -0.1) is 0 Å². The molecule has 0 saturated carbocycles. The normalized spacial score (nSPS) is 20.0. The largest absolute Gasteiger partial charge is 0.481 e. The van der Waals surface area contributed by atoms with Crippen molar-refractivity contribution in [3.8, 4) is 11.1 Å². The van der Waals surface area contributed by atoms with Gasteiger partial charge in [0.05, 0.1) is 12.0 Å². The van der Waals surface area contributed by atoms with Gasteiger partial charge in [-0.1, -0.05) is 48.5 Å². The summed E-state index contributed by atoms with van der Waals surface area (Å²) < 4.78 is 5.39. The number of alkyl carbamates (subject to hydrolysis) is 1. The third-order valence-electron chi connectivity index (χ3n) is 5.86. The van der Waals surface area contributed by atoms with E-state index in [1.165, 1.54) is 4.90 Å². The number of likely N-dealkylation sites (tertiary alicyclic amines) is 1. The van der Waals surface area contributed by atoms with Crippen LogP contribution in [-0.4, -0.2) is 65.4 Å². The predicted molar refractivity (Wildman–Crippen MR) is 111 cm³/mol. The molecule has 1 aliphatic carbocycles. The molecule has 2 unspecified atom stereocenters. The Labute approximate surface area is 179 Å². The molecular weight excluding hydrogens is 400 g/mol. The lowest BCUT2D eigenvalue weighted by atomic mass is 9.96. The highest BCUT2D eigenvalue weighted by molar-refractivity contribution is 5.83. The number of hydrogen-bond donors (Lipinski definition) is 3. The van der Waals surface area contributed by atoms with E-state index in [4.69, 9.17) is 9.84 Å². The number of amides is 2. The lowest BCUT2D eigenvalue weighted by molar-refractivity contribution is -0.148. The van der Waals surface area contributed by atoms with Gasteiger partial charge in [0, 0.05) is 19.0 Å². The van der Waals surface area contributed by atoms with E-state index in [2.05, 4.69) is 5.32 Å². The fourth-order valence-corrected chi connectivity index (χ4v) is 4.36. The Balaban J connectivity index is 1.32. The lowest BCUT2D eigenvalue weighted by Gasteiger charge is -2.33. The maximum Gasteiger partial charge on any atom is 0.407 e. The monoisotopic (exact) mass is 424 g/mol. The van der Waals surface area contributed by atoms with Crippen molar-refractivity contribution in [2.75, 3.05) is 26.2 Å². The molecule has 8 heteroatoms. The van der Waals surface area contributed by atoms with Crippen molar-refractivity contribution in [2.24, 2.45) is 5.92 Å². The van der Waals surface area contributed by atoms with Crippen LogP contribution >= 0.6 is 0 Å². The maximum atomic E-state index is 12.4. The number of piperidine rings is 1. The summed E-state index contributed by atoms with van der Waals surface area (Å²) in [7, 11) is 0. The summed E-state index contributed by atoms with van der Waals surface area (Å²) >= 11 is 0. The molecule has 162 valence electrons. The maximum absolute atomic E-state index is 12.4. The van der Waals surface area contributed by atoms with Crippen LogP contribution < -0.4 is 5.32 Å². The molecular formula is C23H24N2O6. The number of carbonyl (C=O) groups is 3. The summed E-state index contributed by atoms with van der Waals surface area (Å²) in [6.07, 6.45) is -1.50. The third kappa shape index (κ3) is 4.39. The summed E-state index contributed by atoms with van der Waals surface area (Å²) in [5.74, 6) is -2.41. The van der Waals surface area contributed by atoms with Crippen molar-refractivity contribution in [1.82, 2.24) is 10.2 Å². The smallest absolute Gasteiger partial charge is 0.407 e. The van der Waals surface area contributed by atoms with Crippen LogP contribution in [0.1, 0.15) is 23.5 Å². The number of hydrogen-bond acceptors (Lipinski definition) is 5. The van der Waals surface area contributed by atoms with E-state index in [0.717, 1.165) is 22.3 Å². The standard InChI is InChI=1S/C23H24N2O6/c26-15-9-14(22(28)29)11-25(12-15)21(27)10-24-23(30)31-13-20-18-7-3-1-5-16(18)17-6-2-4-8-19(17)20/h1-8,14-15,20,26H,9-13H2,(H,24,30)(H,28,29). The molecule has 2 aromatic rings.